The predicted octanol–water partition coefficient (Wildman–Crippen LogP) is 0.486. The molecule has 0 saturated carbocycles. The Morgan fingerprint density at radius 2 is 2.00 bits per heavy atom. The van der Waals surface area contributed by atoms with Crippen molar-refractivity contribution in [3.8, 4) is 6.07 Å². The molecule has 2 aromatic rings. The molecule has 5 heteroatoms. The fourth-order valence-corrected chi connectivity index (χ4v) is 1.05. The topological polar surface area (TPSA) is 75.3 Å². The predicted molar refractivity (Wildman–Crippen MR) is 44.4 cm³/mol. The summed E-state index contributed by atoms with van der Waals surface area (Å²) >= 11 is 0. The first kappa shape index (κ1) is 7.55. The smallest absolute Gasteiger partial charge is 0.181 e. The van der Waals surface area contributed by atoms with E-state index in [4.69, 9.17) is 5.26 Å². The van der Waals surface area contributed by atoms with E-state index in [-0.39, 0.29) is 6.42 Å². The third-order valence-electron chi connectivity index (χ3n) is 1.59. The second-order valence-corrected chi connectivity index (χ2v) is 2.38. The molecule has 0 saturated heterocycles. The van der Waals surface area contributed by atoms with Gasteiger partial charge in [0, 0.05) is 12.4 Å². The molecule has 0 atom stereocenters. The minimum Gasteiger partial charge on any atom is -0.249 e. The SMILES string of the molecule is N#CCc1ncnc2nccnc12. The Kier molecular flexibility index (Phi) is 1.81. The van der Waals surface area contributed by atoms with Gasteiger partial charge in [-0.2, -0.15) is 5.26 Å². The Morgan fingerprint density at radius 3 is 2.85 bits per heavy atom. The molecule has 0 amide bonds. The third-order valence-corrected chi connectivity index (χ3v) is 1.59. The zero-order valence-corrected chi connectivity index (χ0v) is 6.68. The molecule has 0 aliphatic carbocycles. The first-order valence-corrected chi connectivity index (χ1v) is 3.69. The van der Waals surface area contributed by atoms with Crippen molar-refractivity contribution in [1.29, 1.82) is 5.26 Å². The van der Waals surface area contributed by atoms with E-state index in [1.54, 1.807) is 12.4 Å². The highest BCUT2D eigenvalue weighted by Crippen LogP contribution is 2.07. The Bertz CT molecular complexity index is 468. The summed E-state index contributed by atoms with van der Waals surface area (Å²) in [4.78, 5) is 16.0. The van der Waals surface area contributed by atoms with Crippen LogP contribution in [0.25, 0.3) is 11.2 Å². The van der Waals surface area contributed by atoms with Crippen LogP contribution in [-0.4, -0.2) is 19.9 Å². The van der Waals surface area contributed by atoms with E-state index in [0.29, 0.717) is 16.9 Å². The van der Waals surface area contributed by atoms with Crippen LogP contribution in [0.4, 0.5) is 0 Å². The summed E-state index contributed by atoms with van der Waals surface area (Å²) < 4.78 is 0. The highest BCUT2D eigenvalue weighted by molar-refractivity contribution is 5.71. The van der Waals surface area contributed by atoms with Crippen LogP contribution >= 0.6 is 0 Å². The van der Waals surface area contributed by atoms with Crippen molar-refractivity contribution >= 4 is 11.2 Å². The van der Waals surface area contributed by atoms with E-state index < -0.39 is 0 Å². The summed E-state index contributed by atoms with van der Waals surface area (Å²) in [6, 6.07) is 2.02. The summed E-state index contributed by atoms with van der Waals surface area (Å²) in [7, 11) is 0. The Morgan fingerprint density at radius 1 is 1.15 bits per heavy atom. The molecule has 0 aliphatic rings. The molecule has 62 valence electrons. The average Bonchev–Trinajstić information content (AvgIpc) is 2.19. The fourth-order valence-electron chi connectivity index (χ4n) is 1.05. The van der Waals surface area contributed by atoms with E-state index in [2.05, 4.69) is 19.9 Å². The first-order valence-electron chi connectivity index (χ1n) is 3.69. The normalized spacial score (nSPS) is 9.77. The van der Waals surface area contributed by atoms with Gasteiger partial charge in [-0.3, -0.25) is 0 Å². The monoisotopic (exact) mass is 171 g/mol. The first-order chi connectivity index (χ1) is 6.42. The van der Waals surface area contributed by atoms with Crippen LogP contribution in [0.2, 0.25) is 0 Å². The van der Waals surface area contributed by atoms with Gasteiger partial charge in [0.15, 0.2) is 5.65 Å². The van der Waals surface area contributed by atoms with Gasteiger partial charge >= 0.3 is 0 Å². The van der Waals surface area contributed by atoms with Gasteiger partial charge in [-0.1, -0.05) is 0 Å². The molecule has 2 rings (SSSR count). The van der Waals surface area contributed by atoms with Gasteiger partial charge in [-0.05, 0) is 0 Å². The van der Waals surface area contributed by atoms with Crippen LogP contribution in [0.15, 0.2) is 18.7 Å². The number of nitrogens with zero attached hydrogens (tertiary/aromatic N) is 5. The summed E-state index contributed by atoms with van der Waals surface area (Å²) in [6.45, 7) is 0. The minimum atomic E-state index is 0.234. The van der Waals surface area contributed by atoms with Gasteiger partial charge in [0.2, 0.25) is 0 Å². The molecule has 0 fully saturated rings. The molecule has 13 heavy (non-hydrogen) atoms. The zero-order chi connectivity index (χ0) is 9.10. The fraction of sp³-hybridized carbons (Fsp3) is 0.125. The molecule has 2 heterocycles. The molecular weight excluding hydrogens is 166 g/mol. The van der Waals surface area contributed by atoms with Crippen molar-refractivity contribution in [1.82, 2.24) is 19.9 Å². The average molecular weight is 171 g/mol. The quantitative estimate of drug-likeness (QED) is 0.624. The van der Waals surface area contributed by atoms with Crippen molar-refractivity contribution in [2.24, 2.45) is 0 Å². The lowest BCUT2D eigenvalue weighted by Crippen LogP contribution is -1.95. The Balaban J connectivity index is 2.70. The lowest BCUT2D eigenvalue weighted by molar-refractivity contribution is 1.06. The van der Waals surface area contributed by atoms with Gasteiger partial charge in [-0.25, -0.2) is 19.9 Å². The van der Waals surface area contributed by atoms with Gasteiger partial charge in [0.25, 0.3) is 0 Å². The van der Waals surface area contributed by atoms with E-state index >= 15 is 0 Å². The van der Waals surface area contributed by atoms with Crippen LogP contribution in [0.5, 0.6) is 0 Å². The van der Waals surface area contributed by atoms with Gasteiger partial charge in [0.1, 0.15) is 11.8 Å². The van der Waals surface area contributed by atoms with Crippen molar-refractivity contribution in [3.05, 3.63) is 24.4 Å². The second-order valence-electron chi connectivity index (χ2n) is 2.38. The molecule has 0 aromatic carbocycles. The lowest BCUT2D eigenvalue weighted by atomic mass is 10.3. The molecule has 0 aliphatic heterocycles. The van der Waals surface area contributed by atoms with Crippen LogP contribution < -0.4 is 0 Å². The van der Waals surface area contributed by atoms with E-state index in [9.17, 15) is 0 Å². The number of nitriles is 1. The highest BCUT2D eigenvalue weighted by atomic mass is 14.9. The van der Waals surface area contributed by atoms with Gasteiger partial charge in [-0.15, -0.1) is 0 Å². The second kappa shape index (κ2) is 3.11. The van der Waals surface area contributed by atoms with E-state index in [1.165, 1.54) is 6.33 Å². The number of aromatic nitrogens is 4. The molecule has 5 nitrogen and oxygen atoms in total. The third kappa shape index (κ3) is 1.29. The summed E-state index contributed by atoms with van der Waals surface area (Å²) in [5.74, 6) is 0. The lowest BCUT2D eigenvalue weighted by Gasteiger charge is -1.97. The molecule has 0 radical (unpaired) electrons. The molecule has 0 unspecified atom stereocenters. The van der Waals surface area contributed by atoms with Gasteiger partial charge < -0.3 is 0 Å². The number of rotatable bonds is 1. The Hall–Kier alpha value is -2.09. The molecule has 2 aromatic heterocycles. The maximum Gasteiger partial charge on any atom is 0.181 e. The van der Waals surface area contributed by atoms with Crippen molar-refractivity contribution in [2.45, 2.75) is 6.42 Å². The van der Waals surface area contributed by atoms with Crippen molar-refractivity contribution in [2.75, 3.05) is 0 Å². The van der Waals surface area contributed by atoms with Crippen molar-refractivity contribution in [3.63, 3.8) is 0 Å². The van der Waals surface area contributed by atoms with Crippen molar-refractivity contribution < 1.29 is 0 Å². The Labute approximate surface area is 74.1 Å². The summed E-state index contributed by atoms with van der Waals surface area (Å²) in [5.41, 5.74) is 1.76. The molecule has 0 N–H and O–H groups in total. The van der Waals surface area contributed by atoms with E-state index in [0.717, 1.165) is 0 Å². The molecular formula is C8H5N5. The minimum absolute atomic E-state index is 0.234. The largest absolute Gasteiger partial charge is 0.249 e. The maximum absolute atomic E-state index is 8.52. The van der Waals surface area contributed by atoms with E-state index in [1.807, 2.05) is 6.07 Å². The zero-order valence-electron chi connectivity index (χ0n) is 6.68. The number of hydrogen-bond acceptors (Lipinski definition) is 5. The highest BCUT2D eigenvalue weighted by Gasteiger charge is 2.03. The summed E-state index contributed by atoms with van der Waals surface area (Å²) in [5, 5.41) is 8.52. The van der Waals surface area contributed by atoms with Crippen LogP contribution in [0, 0.1) is 11.3 Å². The van der Waals surface area contributed by atoms with Crippen LogP contribution in [-0.2, 0) is 6.42 Å². The number of hydrogen-bond donors (Lipinski definition) is 0. The maximum atomic E-state index is 8.52. The number of fused-ring (bicyclic) bond motifs is 1. The summed E-state index contributed by atoms with van der Waals surface area (Å²) in [6.07, 6.45) is 4.75. The van der Waals surface area contributed by atoms with Crippen LogP contribution in [0.1, 0.15) is 5.69 Å². The van der Waals surface area contributed by atoms with Crippen LogP contribution in [0.3, 0.4) is 0 Å². The molecule has 0 bridgehead atoms. The molecule has 0 spiro atoms. The van der Waals surface area contributed by atoms with Gasteiger partial charge in [0.05, 0.1) is 18.2 Å². The standard InChI is InChI=1S/C8H5N5/c9-2-1-6-7-8(13-5-12-6)11-4-3-10-7/h3-5H,1H2.